The van der Waals surface area contributed by atoms with E-state index in [1.807, 2.05) is 24.3 Å². The van der Waals surface area contributed by atoms with Crippen LogP contribution in [-0.2, 0) is 14.2 Å². The molecular formula is C26H34ClNO4. The molecule has 2 aromatic carbocycles. The number of amides is 1. The number of alkyl carbamates (subject to hydrolysis) is 1. The number of halogens is 1. The molecule has 174 valence electrons. The van der Waals surface area contributed by atoms with Gasteiger partial charge in [-0.25, -0.2) is 4.79 Å². The zero-order valence-corrected chi connectivity index (χ0v) is 19.4. The van der Waals surface area contributed by atoms with E-state index in [1.165, 1.54) is 28.7 Å². The van der Waals surface area contributed by atoms with Crippen LogP contribution in [0.3, 0.4) is 0 Å². The Hall–Kier alpha value is -2.08. The summed E-state index contributed by atoms with van der Waals surface area (Å²) in [5, 5.41) is 2.81. The van der Waals surface area contributed by atoms with Gasteiger partial charge in [0, 0.05) is 31.6 Å². The van der Waals surface area contributed by atoms with Crippen LogP contribution in [0, 0.1) is 0 Å². The molecule has 1 aliphatic carbocycles. The number of ether oxygens (including phenoxy) is 3. The van der Waals surface area contributed by atoms with Crippen LogP contribution in [-0.4, -0.2) is 51.6 Å². The Morgan fingerprint density at radius 2 is 1.38 bits per heavy atom. The average Bonchev–Trinajstić information content (AvgIpc) is 3.14. The van der Waals surface area contributed by atoms with Gasteiger partial charge in [-0.1, -0.05) is 61.4 Å². The second-order valence-electron chi connectivity index (χ2n) is 7.93. The lowest BCUT2D eigenvalue weighted by Gasteiger charge is -2.14. The summed E-state index contributed by atoms with van der Waals surface area (Å²) in [6.45, 7) is 3.40. The Kier molecular flexibility index (Phi) is 10.9. The predicted octanol–water partition coefficient (Wildman–Crippen LogP) is 5.75. The largest absolute Gasteiger partial charge is 0.449 e. The van der Waals surface area contributed by atoms with Crippen LogP contribution in [0.2, 0.25) is 0 Å². The molecular weight excluding hydrogens is 426 g/mol. The minimum absolute atomic E-state index is 0.0804. The van der Waals surface area contributed by atoms with E-state index in [1.54, 1.807) is 0 Å². The van der Waals surface area contributed by atoms with Crippen molar-refractivity contribution < 1.29 is 19.0 Å². The molecule has 32 heavy (non-hydrogen) atoms. The second-order valence-corrected chi connectivity index (χ2v) is 8.31. The van der Waals surface area contributed by atoms with Gasteiger partial charge in [-0.2, -0.15) is 0 Å². The second kappa shape index (κ2) is 14.1. The molecule has 0 unspecified atom stereocenters. The molecule has 0 spiro atoms. The zero-order valence-electron chi connectivity index (χ0n) is 18.7. The maximum absolute atomic E-state index is 12.1. The molecule has 0 heterocycles. The van der Waals surface area contributed by atoms with Gasteiger partial charge in [0.1, 0.15) is 6.61 Å². The number of unbranched alkanes of at least 4 members (excludes halogenated alkanes) is 3. The van der Waals surface area contributed by atoms with E-state index in [0.29, 0.717) is 33.0 Å². The van der Waals surface area contributed by atoms with Crippen molar-refractivity contribution in [2.24, 2.45) is 0 Å². The van der Waals surface area contributed by atoms with Gasteiger partial charge in [0.15, 0.2) is 0 Å². The number of hydrogen-bond donors (Lipinski definition) is 1. The Bertz CT molecular complexity index is 783. The summed E-state index contributed by atoms with van der Waals surface area (Å²) in [7, 11) is 0. The van der Waals surface area contributed by atoms with E-state index in [9.17, 15) is 4.79 Å². The van der Waals surface area contributed by atoms with Crippen molar-refractivity contribution in [3.63, 3.8) is 0 Å². The molecule has 1 aliphatic rings. The summed E-state index contributed by atoms with van der Waals surface area (Å²) in [4.78, 5) is 12.1. The summed E-state index contributed by atoms with van der Waals surface area (Å²) in [6.07, 6.45) is 4.83. The lowest BCUT2D eigenvalue weighted by Crippen LogP contribution is -2.27. The molecule has 0 radical (unpaired) electrons. The normalized spacial score (nSPS) is 12.4. The van der Waals surface area contributed by atoms with Gasteiger partial charge in [0.05, 0.1) is 13.2 Å². The summed E-state index contributed by atoms with van der Waals surface area (Å²) in [6, 6.07) is 16.6. The van der Waals surface area contributed by atoms with E-state index in [0.717, 1.165) is 38.2 Å². The first-order valence-electron chi connectivity index (χ1n) is 11.6. The minimum Gasteiger partial charge on any atom is -0.449 e. The number of alkyl halides is 1. The number of nitrogens with one attached hydrogen (secondary N) is 1. The lowest BCUT2D eigenvalue weighted by molar-refractivity contribution is 0.0454. The van der Waals surface area contributed by atoms with Crippen LogP contribution < -0.4 is 5.32 Å². The molecule has 0 aliphatic heterocycles. The molecule has 0 fully saturated rings. The van der Waals surface area contributed by atoms with Crippen LogP contribution in [0.5, 0.6) is 0 Å². The Morgan fingerprint density at radius 3 is 2.03 bits per heavy atom. The molecule has 2 aromatic rings. The number of carbonyl (C=O) groups excluding carboxylic acids is 1. The maximum atomic E-state index is 12.1. The van der Waals surface area contributed by atoms with Crippen LogP contribution in [0.15, 0.2) is 48.5 Å². The van der Waals surface area contributed by atoms with E-state index < -0.39 is 0 Å². The summed E-state index contributed by atoms with van der Waals surface area (Å²) < 4.78 is 16.6. The fourth-order valence-electron chi connectivity index (χ4n) is 3.99. The summed E-state index contributed by atoms with van der Waals surface area (Å²) in [5.74, 6) is 0.821. The molecule has 3 rings (SSSR count). The third-order valence-electron chi connectivity index (χ3n) is 5.62. The third-order valence-corrected chi connectivity index (χ3v) is 5.89. The monoisotopic (exact) mass is 459 g/mol. The highest BCUT2D eigenvalue weighted by molar-refractivity contribution is 6.17. The maximum Gasteiger partial charge on any atom is 0.407 e. The minimum atomic E-state index is -0.385. The first-order chi connectivity index (χ1) is 15.8. The van der Waals surface area contributed by atoms with Gasteiger partial charge in [0.25, 0.3) is 0 Å². The van der Waals surface area contributed by atoms with Crippen LogP contribution in [0.25, 0.3) is 11.1 Å². The number of fused-ring (bicyclic) bond motifs is 3. The highest BCUT2D eigenvalue weighted by Gasteiger charge is 2.28. The third kappa shape index (κ3) is 7.51. The predicted molar refractivity (Wildman–Crippen MR) is 129 cm³/mol. The van der Waals surface area contributed by atoms with Crippen molar-refractivity contribution in [2.75, 3.05) is 45.5 Å². The molecule has 0 saturated heterocycles. The van der Waals surface area contributed by atoms with Gasteiger partial charge < -0.3 is 19.5 Å². The molecule has 6 heteroatoms. The molecule has 1 amide bonds. The highest BCUT2D eigenvalue weighted by Crippen LogP contribution is 2.44. The van der Waals surface area contributed by atoms with Gasteiger partial charge in [-0.05, 0) is 41.5 Å². The molecule has 0 saturated carbocycles. The zero-order chi connectivity index (χ0) is 22.4. The fraction of sp³-hybridized carbons (Fsp3) is 0.500. The van der Waals surface area contributed by atoms with E-state index in [2.05, 4.69) is 29.6 Å². The Balaban J connectivity index is 1.23. The first-order valence-corrected chi connectivity index (χ1v) is 12.1. The Morgan fingerprint density at radius 1 is 0.781 bits per heavy atom. The summed E-state index contributed by atoms with van der Waals surface area (Å²) >= 11 is 5.65. The molecule has 1 N–H and O–H groups in total. The van der Waals surface area contributed by atoms with Gasteiger partial charge >= 0.3 is 6.09 Å². The number of rotatable bonds is 15. The topological polar surface area (TPSA) is 56.8 Å². The number of benzene rings is 2. The molecule has 0 bridgehead atoms. The van der Waals surface area contributed by atoms with Gasteiger partial charge in [-0.3, -0.25) is 0 Å². The smallest absolute Gasteiger partial charge is 0.407 e. The highest BCUT2D eigenvalue weighted by atomic mass is 35.5. The first kappa shape index (κ1) is 24.6. The van der Waals surface area contributed by atoms with Crippen molar-refractivity contribution in [1.82, 2.24) is 5.32 Å². The molecule has 5 nitrogen and oxygen atoms in total. The van der Waals surface area contributed by atoms with E-state index >= 15 is 0 Å². The Labute approximate surface area is 196 Å². The standard InChI is InChI=1S/C26H34ClNO4/c27-14-7-1-2-8-16-30-18-19-31-17-9-15-28-26(29)32-20-25-23-12-5-3-10-21(23)22-11-4-6-13-24(22)25/h3-6,10-13,25H,1-2,7-9,14-20H2,(H,28,29). The molecule has 0 aromatic heterocycles. The quantitative estimate of drug-likeness (QED) is 0.272. The lowest BCUT2D eigenvalue weighted by atomic mass is 9.98. The average molecular weight is 460 g/mol. The van der Waals surface area contributed by atoms with Crippen molar-refractivity contribution in [3.05, 3.63) is 59.7 Å². The van der Waals surface area contributed by atoms with Crippen molar-refractivity contribution >= 4 is 17.7 Å². The van der Waals surface area contributed by atoms with Crippen molar-refractivity contribution in [2.45, 2.75) is 38.0 Å². The van der Waals surface area contributed by atoms with Crippen molar-refractivity contribution in [1.29, 1.82) is 0 Å². The van der Waals surface area contributed by atoms with E-state index in [4.69, 9.17) is 25.8 Å². The van der Waals surface area contributed by atoms with Gasteiger partial charge in [-0.15, -0.1) is 11.6 Å². The molecule has 0 atom stereocenters. The van der Waals surface area contributed by atoms with Crippen LogP contribution in [0.4, 0.5) is 4.79 Å². The SMILES string of the molecule is O=C(NCCCOCCOCCCCCCCl)OCC1c2ccccc2-c2ccccc21. The van der Waals surface area contributed by atoms with Crippen molar-refractivity contribution in [3.8, 4) is 11.1 Å². The number of carbonyl (C=O) groups is 1. The van der Waals surface area contributed by atoms with Crippen LogP contribution >= 0.6 is 11.6 Å². The van der Waals surface area contributed by atoms with E-state index in [-0.39, 0.29) is 12.0 Å². The van der Waals surface area contributed by atoms with Gasteiger partial charge in [0.2, 0.25) is 0 Å². The van der Waals surface area contributed by atoms with Crippen LogP contribution in [0.1, 0.15) is 49.1 Å². The fourth-order valence-corrected chi connectivity index (χ4v) is 4.18. The summed E-state index contributed by atoms with van der Waals surface area (Å²) in [5.41, 5.74) is 4.88. The number of hydrogen-bond acceptors (Lipinski definition) is 4.